The van der Waals surface area contributed by atoms with Crippen LogP contribution in [0, 0.1) is 5.92 Å². The van der Waals surface area contributed by atoms with Gasteiger partial charge in [-0.3, -0.25) is 9.59 Å². The lowest BCUT2D eigenvalue weighted by atomic mass is 9.86. The summed E-state index contributed by atoms with van der Waals surface area (Å²) in [5.41, 5.74) is 2.30. The van der Waals surface area contributed by atoms with E-state index in [1.807, 2.05) is 18.2 Å². The van der Waals surface area contributed by atoms with Crippen molar-refractivity contribution in [2.75, 3.05) is 31.6 Å². The predicted molar refractivity (Wildman–Crippen MR) is 111 cm³/mol. The molecule has 2 heterocycles. The molecule has 0 atom stereocenters. The average molecular weight is 394 g/mol. The molecule has 2 aliphatic heterocycles. The number of rotatable bonds is 4. The Bertz CT molecular complexity index is 942. The van der Waals surface area contributed by atoms with E-state index in [0.29, 0.717) is 42.6 Å². The van der Waals surface area contributed by atoms with Crippen LogP contribution in [0.1, 0.15) is 36.7 Å². The second kappa shape index (κ2) is 7.43. The lowest BCUT2D eigenvalue weighted by molar-refractivity contribution is -0.118. The van der Waals surface area contributed by atoms with Gasteiger partial charge in [0, 0.05) is 24.6 Å². The number of amides is 2. The van der Waals surface area contributed by atoms with Crippen LogP contribution in [0.15, 0.2) is 42.5 Å². The number of hydrogen-bond acceptors (Lipinski definition) is 4. The third-order valence-electron chi connectivity index (χ3n) is 5.27. The second-order valence-corrected chi connectivity index (χ2v) is 8.68. The summed E-state index contributed by atoms with van der Waals surface area (Å²) in [6.45, 7) is 8.44. The zero-order valence-electron chi connectivity index (χ0n) is 17.0. The summed E-state index contributed by atoms with van der Waals surface area (Å²) in [6, 6.07) is 13.3. The first kappa shape index (κ1) is 19.3. The first-order chi connectivity index (χ1) is 13.8. The summed E-state index contributed by atoms with van der Waals surface area (Å²) >= 11 is 0. The van der Waals surface area contributed by atoms with Gasteiger partial charge in [0.1, 0.15) is 11.5 Å². The molecule has 0 unspecified atom stereocenters. The first-order valence-corrected chi connectivity index (χ1v) is 9.89. The van der Waals surface area contributed by atoms with E-state index >= 15 is 0 Å². The van der Waals surface area contributed by atoms with Crippen molar-refractivity contribution in [1.29, 1.82) is 0 Å². The Morgan fingerprint density at radius 1 is 1.21 bits per heavy atom. The van der Waals surface area contributed by atoms with Crippen LogP contribution in [-0.4, -0.2) is 43.0 Å². The number of likely N-dealkylation sites (tertiary alicyclic amines) is 1. The minimum atomic E-state index is -0.209. The molecular weight excluding hydrogens is 368 g/mol. The highest BCUT2D eigenvalue weighted by atomic mass is 16.5. The summed E-state index contributed by atoms with van der Waals surface area (Å²) < 4.78 is 11.4. The van der Waals surface area contributed by atoms with Crippen LogP contribution in [0.5, 0.6) is 11.5 Å². The number of anilines is 1. The van der Waals surface area contributed by atoms with E-state index < -0.39 is 0 Å². The molecule has 1 fully saturated rings. The van der Waals surface area contributed by atoms with Crippen LogP contribution in [0.25, 0.3) is 0 Å². The second-order valence-electron chi connectivity index (χ2n) is 8.68. The Morgan fingerprint density at radius 3 is 2.72 bits per heavy atom. The molecule has 6 heteroatoms. The molecule has 4 rings (SSSR count). The fourth-order valence-corrected chi connectivity index (χ4v) is 3.66. The van der Waals surface area contributed by atoms with Crippen molar-refractivity contribution in [1.82, 2.24) is 4.90 Å². The summed E-state index contributed by atoms with van der Waals surface area (Å²) in [7, 11) is 0. The molecule has 1 N–H and O–H groups in total. The molecule has 29 heavy (non-hydrogen) atoms. The number of para-hydroxylation sites is 1. The Balaban J connectivity index is 1.33. The summed E-state index contributed by atoms with van der Waals surface area (Å²) in [5.74, 6) is 1.56. The number of nitrogens with zero attached hydrogens (tertiary/aromatic N) is 1. The van der Waals surface area contributed by atoms with Crippen LogP contribution >= 0.6 is 0 Å². The van der Waals surface area contributed by atoms with Crippen molar-refractivity contribution in [3.63, 3.8) is 0 Å². The quantitative estimate of drug-likeness (QED) is 0.862. The van der Waals surface area contributed by atoms with Crippen molar-refractivity contribution in [2.24, 2.45) is 5.92 Å². The normalized spacial score (nSPS) is 16.4. The average Bonchev–Trinajstić information content (AvgIpc) is 2.65. The molecule has 2 aromatic rings. The maximum atomic E-state index is 12.7. The standard InChI is InChI=1S/C23H26N2O4/c1-23(2,3)17-6-4-5-7-19(17)28-13-15-11-25(12-15)22(27)16-8-9-20-18(10-16)24-21(26)14-29-20/h4-10,15H,11-14H2,1-3H3,(H,24,26). The Morgan fingerprint density at radius 2 is 1.97 bits per heavy atom. The van der Waals surface area contributed by atoms with Crippen molar-refractivity contribution in [3.05, 3.63) is 53.6 Å². The number of benzene rings is 2. The zero-order valence-corrected chi connectivity index (χ0v) is 17.0. The van der Waals surface area contributed by atoms with Gasteiger partial charge in [-0.15, -0.1) is 0 Å². The molecule has 0 aliphatic carbocycles. The molecule has 1 saturated heterocycles. The summed E-state index contributed by atoms with van der Waals surface area (Å²) in [4.78, 5) is 26.0. The van der Waals surface area contributed by atoms with Crippen LogP contribution in [0.4, 0.5) is 5.69 Å². The lowest BCUT2D eigenvalue weighted by Gasteiger charge is -2.39. The summed E-state index contributed by atoms with van der Waals surface area (Å²) in [6.07, 6.45) is 0. The molecule has 2 aliphatic rings. The Labute approximate surface area is 170 Å². The van der Waals surface area contributed by atoms with E-state index in [2.05, 4.69) is 32.2 Å². The number of fused-ring (bicyclic) bond motifs is 1. The number of ether oxygens (including phenoxy) is 2. The topological polar surface area (TPSA) is 67.9 Å². The molecule has 152 valence electrons. The van der Waals surface area contributed by atoms with Gasteiger partial charge in [-0.25, -0.2) is 0 Å². The van der Waals surface area contributed by atoms with Gasteiger partial charge in [0.05, 0.1) is 12.3 Å². The molecule has 0 aromatic heterocycles. The molecule has 2 aromatic carbocycles. The van der Waals surface area contributed by atoms with E-state index in [1.165, 1.54) is 5.56 Å². The number of hydrogen-bond donors (Lipinski definition) is 1. The van der Waals surface area contributed by atoms with Gasteiger partial charge >= 0.3 is 0 Å². The van der Waals surface area contributed by atoms with Crippen LogP contribution in [0.2, 0.25) is 0 Å². The van der Waals surface area contributed by atoms with E-state index in [1.54, 1.807) is 23.1 Å². The molecule has 0 spiro atoms. The Kier molecular flexibility index (Phi) is 4.94. The maximum absolute atomic E-state index is 12.7. The summed E-state index contributed by atoms with van der Waals surface area (Å²) in [5, 5.41) is 2.74. The predicted octanol–water partition coefficient (Wildman–Crippen LogP) is 3.47. The first-order valence-electron chi connectivity index (χ1n) is 9.89. The molecular formula is C23H26N2O4. The smallest absolute Gasteiger partial charge is 0.262 e. The van der Waals surface area contributed by atoms with Gasteiger partial charge in [0.25, 0.3) is 11.8 Å². The van der Waals surface area contributed by atoms with Crippen molar-refractivity contribution in [2.45, 2.75) is 26.2 Å². The van der Waals surface area contributed by atoms with Gasteiger partial charge in [-0.05, 0) is 35.2 Å². The van der Waals surface area contributed by atoms with Gasteiger partial charge in [0.15, 0.2) is 6.61 Å². The lowest BCUT2D eigenvalue weighted by Crippen LogP contribution is -2.52. The third-order valence-corrected chi connectivity index (χ3v) is 5.27. The monoisotopic (exact) mass is 394 g/mol. The molecule has 0 bridgehead atoms. The highest BCUT2D eigenvalue weighted by Crippen LogP contribution is 2.32. The van der Waals surface area contributed by atoms with E-state index in [9.17, 15) is 9.59 Å². The van der Waals surface area contributed by atoms with Gasteiger partial charge in [-0.2, -0.15) is 0 Å². The van der Waals surface area contributed by atoms with E-state index in [-0.39, 0.29) is 23.8 Å². The molecule has 2 amide bonds. The molecule has 0 radical (unpaired) electrons. The number of carbonyl (C=O) groups is 2. The SMILES string of the molecule is CC(C)(C)c1ccccc1OCC1CN(C(=O)c2ccc3c(c2)NC(=O)CO3)C1. The van der Waals surface area contributed by atoms with Crippen molar-refractivity contribution in [3.8, 4) is 11.5 Å². The maximum Gasteiger partial charge on any atom is 0.262 e. The van der Waals surface area contributed by atoms with Crippen molar-refractivity contribution < 1.29 is 19.1 Å². The van der Waals surface area contributed by atoms with E-state index in [0.717, 1.165) is 5.75 Å². The van der Waals surface area contributed by atoms with Gasteiger partial charge in [-0.1, -0.05) is 39.0 Å². The Hall–Kier alpha value is -3.02. The fraction of sp³-hybridized carbons (Fsp3) is 0.391. The van der Waals surface area contributed by atoms with Gasteiger partial charge in [0.2, 0.25) is 0 Å². The number of nitrogens with one attached hydrogen (secondary N) is 1. The van der Waals surface area contributed by atoms with Crippen molar-refractivity contribution >= 4 is 17.5 Å². The minimum absolute atomic E-state index is 0.00639. The highest BCUT2D eigenvalue weighted by molar-refractivity contribution is 6.00. The highest BCUT2D eigenvalue weighted by Gasteiger charge is 2.32. The fourth-order valence-electron chi connectivity index (χ4n) is 3.66. The molecule has 6 nitrogen and oxygen atoms in total. The minimum Gasteiger partial charge on any atom is -0.493 e. The van der Waals surface area contributed by atoms with E-state index in [4.69, 9.17) is 9.47 Å². The van der Waals surface area contributed by atoms with Crippen LogP contribution in [-0.2, 0) is 10.2 Å². The zero-order chi connectivity index (χ0) is 20.6. The number of carbonyl (C=O) groups excluding carboxylic acids is 2. The van der Waals surface area contributed by atoms with Gasteiger partial charge < -0.3 is 19.7 Å². The largest absolute Gasteiger partial charge is 0.493 e. The molecule has 0 saturated carbocycles. The van der Waals surface area contributed by atoms with Crippen LogP contribution in [0.3, 0.4) is 0 Å². The third kappa shape index (κ3) is 4.06. The van der Waals surface area contributed by atoms with Crippen LogP contribution < -0.4 is 14.8 Å².